The first-order valence-corrected chi connectivity index (χ1v) is 9.95. The summed E-state index contributed by atoms with van der Waals surface area (Å²) in [4.78, 5) is 7.38. The first kappa shape index (κ1) is 16.5. The molecular weight excluding hydrogens is 448 g/mol. The molecule has 2 heterocycles. The van der Waals surface area contributed by atoms with Gasteiger partial charge in [0.25, 0.3) is 1.90 Å². The van der Waals surface area contributed by atoms with Crippen molar-refractivity contribution < 1.29 is 16.8 Å². The van der Waals surface area contributed by atoms with E-state index in [9.17, 15) is 16.8 Å². The monoisotopic (exact) mass is 454 g/mol. The molecule has 0 aliphatic carbocycles. The van der Waals surface area contributed by atoms with E-state index in [-0.39, 0.29) is 10.1 Å². The van der Waals surface area contributed by atoms with Crippen LogP contribution in [-0.4, -0.2) is 28.7 Å². The van der Waals surface area contributed by atoms with Crippen LogP contribution in [0, 0.1) is 0 Å². The molecule has 2 rings (SSSR count). The molecule has 112 valence electrons. The normalized spacial score (nSPS) is 13.0. The molecule has 0 saturated carbocycles. The Morgan fingerprint density at radius 3 is 1.43 bits per heavy atom. The maximum atomic E-state index is 12.5. The van der Waals surface area contributed by atoms with Gasteiger partial charge in [-0.05, 0) is 56.1 Å². The summed E-state index contributed by atoms with van der Waals surface area (Å²) in [5.74, 6) is 0. The minimum absolute atomic E-state index is 0.377. The van der Waals surface area contributed by atoms with Gasteiger partial charge in [-0.3, -0.25) is 0 Å². The lowest BCUT2D eigenvalue weighted by atomic mass is 10.5. The van der Waals surface area contributed by atoms with Gasteiger partial charge in [-0.2, -0.15) is 0 Å². The van der Waals surface area contributed by atoms with Crippen LogP contribution in [0.5, 0.6) is 0 Å². The van der Waals surface area contributed by atoms with Crippen molar-refractivity contribution in [1.29, 1.82) is 0 Å². The summed E-state index contributed by atoms with van der Waals surface area (Å²) in [6, 6.07) is 8.36. The van der Waals surface area contributed by atoms with E-state index >= 15 is 0 Å². The summed E-state index contributed by atoms with van der Waals surface area (Å²) in [6.45, 7) is 0. The van der Waals surface area contributed by atoms with Crippen LogP contribution in [0.2, 0.25) is 0 Å². The quantitative estimate of drug-likeness (QED) is 0.655. The van der Waals surface area contributed by atoms with Crippen molar-refractivity contribution in [2.24, 2.45) is 0 Å². The van der Waals surface area contributed by atoms with Crippen molar-refractivity contribution in [2.75, 3.05) is 0 Å². The Morgan fingerprint density at radius 1 is 0.762 bits per heavy atom. The Kier molecular flexibility index (Phi) is 4.52. The third-order valence-electron chi connectivity index (χ3n) is 2.45. The maximum Gasteiger partial charge on any atom is 0.292 e. The fourth-order valence-electron chi connectivity index (χ4n) is 1.40. The van der Waals surface area contributed by atoms with Crippen molar-refractivity contribution in [3.8, 4) is 0 Å². The molecule has 0 unspecified atom stereocenters. The smallest absolute Gasteiger partial charge is 0.245 e. The Morgan fingerprint density at radius 2 is 1.14 bits per heavy atom. The van der Waals surface area contributed by atoms with Crippen molar-refractivity contribution >= 4 is 51.5 Å². The van der Waals surface area contributed by atoms with Gasteiger partial charge in [0.05, 0.1) is 0 Å². The highest BCUT2D eigenvalue weighted by molar-refractivity contribution is 9.30. The Bertz CT molecular complexity index is 767. The number of rotatable bonds is 4. The molecule has 0 bridgehead atoms. The lowest BCUT2D eigenvalue weighted by molar-refractivity contribution is 0.580. The number of hydrogen-bond donors (Lipinski definition) is 0. The average Bonchev–Trinajstić information content (AvgIpc) is 2.48. The lowest BCUT2D eigenvalue weighted by Gasteiger charge is -2.20. The molecule has 10 heteroatoms. The first-order chi connectivity index (χ1) is 9.71. The second-order valence-electron chi connectivity index (χ2n) is 3.81. The maximum absolute atomic E-state index is 12.5. The predicted molar refractivity (Wildman–Crippen MR) is 83.4 cm³/mol. The molecule has 0 atom stereocenters. The number of aromatic nitrogens is 2. The summed E-state index contributed by atoms with van der Waals surface area (Å²) in [6.07, 6.45) is 2.52. The van der Waals surface area contributed by atoms with E-state index in [1.165, 1.54) is 48.8 Å². The van der Waals surface area contributed by atoms with Crippen LogP contribution < -0.4 is 0 Å². The molecule has 0 fully saturated rings. The standard InChI is InChI=1S/C11H8Br2N2O4S2/c12-11(13,20(16,17)9-5-1-3-7-14-9)21(18,19)10-6-2-4-8-15-10/h1-8H. The molecule has 6 nitrogen and oxygen atoms in total. The van der Waals surface area contributed by atoms with Crippen LogP contribution in [0.4, 0.5) is 0 Å². The third-order valence-corrected chi connectivity index (χ3v) is 11.7. The summed E-state index contributed by atoms with van der Waals surface area (Å²) >= 11 is 5.52. The minimum atomic E-state index is -4.35. The summed E-state index contributed by atoms with van der Waals surface area (Å²) in [5, 5.41) is -0.753. The van der Waals surface area contributed by atoms with Gasteiger partial charge in [-0.15, -0.1) is 0 Å². The molecule has 0 spiro atoms. The fourth-order valence-corrected chi connectivity index (χ4v) is 6.46. The molecule has 21 heavy (non-hydrogen) atoms. The lowest BCUT2D eigenvalue weighted by Crippen LogP contribution is -2.35. The highest BCUT2D eigenvalue weighted by atomic mass is 79.9. The van der Waals surface area contributed by atoms with E-state index in [0.717, 1.165) is 0 Å². The summed E-state index contributed by atoms with van der Waals surface area (Å²) in [7, 11) is -8.70. The molecule has 2 aromatic heterocycles. The van der Waals surface area contributed by atoms with Gasteiger partial charge in [0.2, 0.25) is 19.7 Å². The van der Waals surface area contributed by atoms with E-state index in [0.29, 0.717) is 0 Å². The molecular formula is C11H8Br2N2O4S2. The zero-order valence-corrected chi connectivity index (χ0v) is 15.0. The molecule has 0 amide bonds. The van der Waals surface area contributed by atoms with E-state index in [1.54, 1.807) is 0 Å². The Labute approximate surface area is 138 Å². The van der Waals surface area contributed by atoms with Crippen molar-refractivity contribution in [1.82, 2.24) is 9.97 Å². The highest BCUT2D eigenvalue weighted by Gasteiger charge is 2.54. The highest BCUT2D eigenvalue weighted by Crippen LogP contribution is 2.44. The largest absolute Gasteiger partial charge is 0.292 e. The van der Waals surface area contributed by atoms with E-state index in [4.69, 9.17) is 0 Å². The molecule has 2 aromatic rings. The number of alkyl halides is 2. The van der Waals surface area contributed by atoms with Gasteiger partial charge >= 0.3 is 0 Å². The zero-order chi connectivity index (χ0) is 15.7. The van der Waals surface area contributed by atoms with Gasteiger partial charge in [0.15, 0.2) is 10.1 Å². The van der Waals surface area contributed by atoms with Gasteiger partial charge in [-0.25, -0.2) is 26.8 Å². The van der Waals surface area contributed by atoms with E-state index in [2.05, 4.69) is 41.8 Å². The van der Waals surface area contributed by atoms with E-state index < -0.39 is 21.6 Å². The topological polar surface area (TPSA) is 94.1 Å². The number of sulfone groups is 2. The molecule has 0 radical (unpaired) electrons. The molecule has 0 aliphatic rings. The van der Waals surface area contributed by atoms with Crippen LogP contribution in [-0.2, 0) is 19.7 Å². The summed E-state index contributed by atoms with van der Waals surface area (Å²) < 4.78 is 47.6. The Balaban J connectivity index is 2.62. The number of halogens is 2. The SMILES string of the molecule is O=S(=O)(c1ccccn1)C(Br)(Br)S(=O)(=O)c1ccccn1. The van der Waals surface area contributed by atoms with Gasteiger partial charge in [-0.1, -0.05) is 12.1 Å². The molecule has 0 aromatic carbocycles. The predicted octanol–water partition coefficient (Wildman–Crippen LogP) is 2.13. The number of nitrogens with zero attached hydrogens (tertiary/aromatic N) is 2. The fraction of sp³-hybridized carbons (Fsp3) is 0.0909. The van der Waals surface area contributed by atoms with Crippen molar-refractivity contribution in [3.05, 3.63) is 48.8 Å². The van der Waals surface area contributed by atoms with Crippen LogP contribution >= 0.6 is 31.9 Å². The molecule has 0 N–H and O–H groups in total. The number of pyridine rings is 2. The molecule has 0 saturated heterocycles. The van der Waals surface area contributed by atoms with Crippen LogP contribution in [0.3, 0.4) is 0 Å². The minimum Gasteiger partial charge on any atom is -0.245 e. The van der Waals surface area contributed by atoms with Crippen LogP contribution in [0.1, 0.15) is 0 Å². The van der Waals surface area contributed by atoms with Crippen molar-refractivity contribution in [2.45, 2.75) is 11.9 Å². The summed E-state index contributed by atoms with van der Waals surface area (Å²) in [5.41, 5.74) is 0. The second kappa shape index (κ2) is 5.75. The van der Waals surface area contributed by atoms with Crippen molar-refractivity contribution in [3.63, 3.8) is 0 Å². The van der Waals surface area contributed by atoms with E-state index in [1.807, 2.05) is 0 Å². The molecule has 0 aliphatic heterocycles. The Hall–Kier alpha value is -0.840. The number of hydrogen-bond acceptors (Lipinski definition) is 6. The first-order valence-electron chi connectivity index (χ1n) is 5.40. The van der Waals surface area contributed by atoms with Gasteiger partial charge < -0.3 is 0 Å². The second-order valence-corrected chi connectivity index (χ2v) is 13.7. The van der Waals surface area contributed by atoms with Crippen LogP contribution in [0.25, 0.3) is 0 Å². The average molecular weight is 456 g/mol. The third kappa shape index (κ3) is 2.77. The van der Waals surface area contributed by atoms with Crippen LogP contribution in [0.15, 0.2) is 58.8 Å². The zero-order valence-electron chi connectivity index (χ0n) is 10.2. The van der Waals surface area contributed by atoms with Gasteiger partial charge in [0, 0.05) is 12.4 Å². The van der Waals surface area contributed by atoms with Gasteiger partial charge in [0.1, 0.15) is 0 Å².